The van der Waals surface area contributed by atoms with Crippen LogP contribution in [0.2, 0.25) is 5.02 Å². The van der Waals surface area contributed by atoms with Gasteiger partial charge in [0.2, 0.25) is 5.91 Å². The normalized spacial score (nSPS) is 11.3. The van der Waals surface area contributed by atoms with Gasteiger partial charge >= 0.3 is 0 Å². The fourth-order valence-corrected chi connectivity index (χ4v) is 1.42. The lowest BCUT2D eigenvalue weighted by atomic mass is 10.1. The van der Waals surface area contributed by atoms with E-state index in [-0.39, 0.29) is 6.42 Å². The van der Waals surface area contributed by atoms with Crippen molar-refractivity contribution < 1.29 is 13.6 Å². The largest absolute Gasteiger partial charge is 0.350 e. The summed E-state index contributed by atoms with van der Waals surface area (Å²) in [6.07, 6.45) is 0.638. The summed E-state index contributed by atoms with van der Waals surface area (Å²) in [6.45, 7) is -1.49. The number of nitrogens with one attached hydrogen (secondary N) is 1. The van der Waals surface area contributed by atoms with Gasteiger partial charge in [0.05, 0.1) is 13.1 Å². The maximum Gasteiger partial charge on any atom is 0.277 e. The Hall–Kier alpha value is -1.20. The fourth-order valence-electron chi connectivity index (χ4n) is 1.30. The lowest BCUT2D eigenvalue weighted by Gasteiger charge is -2.14. The number of halogens is 3. The van der Waals surface area contributed by atoms with Gasteiger partial charge in [0, 0.05) is 11.4 Å². The number of carbonyl (C=O) groups is 1. The molecule has 0 bridgehead atoms. The number of carbonyl (C=O) groups excluding carboxylic acids is 1. The zero-order valence-electron chi connectivity index (χ0n) is 9.76. The van der Waals surface area contributed by atoms with Crippen molar-refractivity contribution in [1.29, 1.82) is 0 Å². The Morgan fingerprint density at radius 1 is 1.33 bits per heavy atom. The van der Waals surface area contributed by atoms with Crippen molar-refractivity contribution in [2.24, 2.45) is 5.73 Å². The third-order valence-electron chi connectivity index (χ3n) is 2.40. The van der Waals surface area contributed by atoms with Crippen LogP contribution in [-0.4, -0.2) is 24.9 Å². The van der Waals surface area contributed by atoms with Crippen molar-refractivity contribution in [3.8, 4) is 0 Å². The molecule has 0 heterocycles. The van der Waals surface area contributed by atoms with E-state index >= 15 is 0 Å². The molecule has 1 amide bonds. The van der Waals surface area contributed by atoms with Crippen molar-refractivity contribution in [1.82, 2.24) is 5.32 Å². The lowest BCUT2D eigenvalue weighted by Crippen LogP contribution is -2.41. The summed E-state index contributed by atoms with van der Waals surface area (Å²) in [5.41, 5.74) is 5.79. The van der Waals surface area contributed by atoms with Gasteiger partial charge in [-0.25, -0.2) is 8.78 Å². The standard InChI is InChI=1S/C12H15ClF2N2O/c13-10-4-1-9(2-5-10)3-6-11(18)17-8-12(14,15)7-16/h1-2,4-5H,3,6-8,16H2,(H,17,18). The molecule has 3 N–H and O–H groups in total. The maximum absolute atomic E-state index is 12.8. The summed E-state index contributed by atoms with van der Waals surface area (Å²) in [5.74, 6) is -3.46. The van der Waals surface area contributed by atoms with Gasteiger partial charge in [-0.05, 0) is 24.1 Å². The highest BCUT2D eigenvalue weighted by Gasteiger charge is 2.26. The predicted molar refractivity (Wildman–Crippen MR) is 66.8 cm³/mol. The van der Waals surface area contributed by atoms with E-state index in [1.165, 1.54) is 0 Å². The van der Waals surface area contributed by atoms with Crippen LogP contribution >= 0.6 is 11.6 Å². The van der Waals surface area contributed by atoms with Crippen molar-refractivity contribution >= 4 is 17.5 Å². The molecule has 0 aromatic heterocycles. The quantitative estimate of drug-likeness (QED) is 0.835. The van der Waals surface area contributed by atoms with Crippen LogP contribution in [0.4, 0.5) is 8.78 Å². The molecule has 1 aromatic carbocycles. The van der Waals surface area contributed by atoms with E-state index < -0.39 is 24.9 Å². The molecule has 0 unspecified atom stereocenters. The number of benzene rings is 1. The third kappa shape index (κ3) is 5.42. The van der Waals surface area contributed by atoms with Crippen LogP contribution in [-0.2, 0) is 11.2 Å². The second kappa shape index (κ2) is 6.66. The first-order valence-corrected chi connectivity index (χ1v) is 5.90. The van der Waals surface area contributed by atoms with E-state index in [0.29, 0.717) is 11.4 Å². The van der Waals surface area contributed by atoms with Crippen LogP contribution in [0.3, 0.4) is 0 Å². The van der Waals surface area contributed by atoms with Crippen LogP contribution in [0.5, 0.6) is 0 Å². The molecule has 100 valence electrons. The molecular formula is C12H15ClF2N2O. The second-order valence-corrected chi connectivity index (χ2v) is 4.40. The molecule has 1 rings (SSSR count). The molecule has 6 heteroatoms. The SMILES string of the molecule is NCC(F)(F)CNC(=O)CCc1ccc(Cl)cc1. The summed E-state index contributed by atoms with van der Waals surface area (Å²) >= 11 is 5.72. The Balaban J connectivity index is 2.31. The Bertz CT molecular complexity index is 396. The minimum Gasteiger partial charge on any atom is -0.350 e. The molecule has 0 aliphatic heterocycles. The van der Waals surface area contributed by atoms with Crippen LogP contribution < -0.4 is 11.1 Å². The Morgan fingerprint density at radius 2 is 1.94 bits per heavy atom. The molecule has 0 aliphatic rings. The highest BCUT2D eigenvalue weighted by Crippen LogP contribution is 2.11. The number of hydrogen-bond donors (Lipinski definition) is 2. The molecule has 1 aromatic rings. The van der Waals surface area contributed by atoms with Crippen molar-refractivity contribution in [3.63, 3.8) is 0 Å². The van der Waals surface area contributed by atoms with Crippen LogP contribution in [0.25, 0.3) is 0 Å². The molecule has 18 heavy (non-hydrogen) atoms. The number of nitrogens with two attached hydrogens (primary N) is 1. The van der Waals surface area contributed by atoms with E-state index in [9.17, 15) is 13.6 Å². The molecule has 0 radical (unpaired) electrons. The zero-order valence-corrected chi connectivity index (χ0v) is 10.5. The number of rotatable bonds is 6. The summed E-state index contributed by atoms with van der Waals surface area (Å²) in [7, 11) is 0. The van der Waals surface area contributed by atoms with E-state index in [0.717, 1.165) is 5.56 Å². The fraction of sp³-hybridized carbons (Fsp3) is 0.417. The topological polar surface area (TPSA) is 55.1 Å². The van der Waals surface area contributed by atoms with Crippen molar-refractivity contribution in [2.75, 3.05) is 13.1 Å². The highest BCUT2D eigenvalue weighted by molar-refractivity contribution is 6.30. The lowest BCUT2D eigenvalue weighted by molar-refractivity contribution is -0.122. The number of hydrogen-bond acceptors (Lipinski definition) is 2. The molecule has 0 saturated heterocycles. The first kappa shape index (κ1) is 14.9. The van der Waals surface area contributed by atoms with E-state index in [1.807, 2.05) is 0 Å². The monoisotopic (exact) mass is 276 g/mol. The molecule has 0 atom stereocenters. The third-order valence-corrected chi connectivity index (χ3v) is 2.65. The smallest absolute Gasteiger partial charge is 0.277 e. The number of alkyl halides is 2. The highest BCUT2D eigenvalue weighted by atomic mass is 35.5. The van der Waals surface area contributed by atoms with Gasteiger partial charge in [0.25, 0.3) is 5.92 Å². The van der Waals surface area contributed by atoms with Crippen molar-refractivity contribution in [3.05, 3.63) is 34.9 Å². The average molecular weight is 277 g/mol. The van der Waals surface area contributed by atoms with Gasteiger partial charge in [-0.2, -0.15) is 0 Å². The Kier molecular flexibility index (Phi) is 5.50. The first-order valence-electron chi connectivity index (χ1n) is 5.52. The number of aryl methyl sites for hydroxylation is 1. The molecule has 3 nitrogen and oxygen atoms in total. The Morgan fingerprint density at radius 3 is 2.50 bits per heavy atom. The van der Waals surface area contributed by atoms with Gasteiger partial charge in [0.1, 0.15) is 0 Å². The van der Waals surface area contributed by atoms with Crippen LogP contribution in [0, 0.1) is 0 Å². The minimum atomic E-state index is -3.05. The average Bonchev–Trinajstić information content (AvgIpc) is 2.36. The van der Waals surface area contributed by atoms with Gasteiger partial charge in [-0.1, -0.05) is 23.7 Å². The van der Waals surface area contributed by atoms with Gasteiger partial charge in [-0.15, -0.1) is 0 Å². The van der Waals surface area contributed by atoms with E-state index in [4.69, 9.17) is 17.3 Å². The van der Waals surface area contributed by atoms with Gasteiger partial charge in [-0.3, -0.25) is 4.79 Å². The van der Waals surface area contributed by atoms with E-state index in [2.05, 4.69) is 5.32 Å². The van der Waals surface area contributed by atoms with Crippen LogP contribution in [0.15, 0.2) is 24.3 Å². The summed E-state index contributed by atoms with van der Waals surface area (Å²) in [5, 5.41) is 2.78. The Labute approximate surface area is 109 Å². The van der Waals surface area contributed by atoms with Crippen LogP contribution in [0.1, 0.15) is 12.0 Å². The second-order valence-electron chi connectivity index (χ2n) is 3.96. The summed E-state index contributed by atoms with van der Waals surface area (Å²) in [4.78, 5) is 11.3. The molecule has 0 saturated carbocycles. The van der Waals surface area contributed by atoms with Gasteiger partial charge in [0.15, 0.2) is 0 Å². The minimum absolute atomic E-state index is 0.155. The summed E-state index contributed by atoms with van der Waals surface area (Å²) < 4.78 is 25.5. The molecule has 0 aliphatic carbocycles. The summed E-state index contributed by atoms with van der Waals surface area (Å²) in [6, 6.07) is 7.03. The molecular weight excluding hydrogens is 262 g/mol. The zero-order chi connectivity index (χ0) is 13.6. The van der Waals surface area contributed by atoms with Crippen molar-refractivity contribution in [2.45, 2.75) is 18.8 Å². The van der Waals surface area contributed by atoms with E-state index in [1.54, 1.807) is 24.3 Å². The number of amides is 1. The van der Waals surface area contributed by atoms with Gasteiger partial charge < -0.3 is 11.1 Å². The first-order chi connectivity index (χ1) is 8.43. The maximum atomic E-state index is 12.8. The molecule has 0 spiro atoms. The molecule has 0 fully saturated rings. The predicted octanol–water partition coefficient (Wildman–Crippen LogP) is 1.98.